The summed E-state index contributed by atoms with van der Waals surface area (Å²) in [4.78, 5) is 58.5. The summed E-state index contributed by atoms with van der Waals surface area (Å²) >= 11 is 0. The number of nitrogens with one attached hydrogen (secondary N) is 2. The molecule has 1 aliphatic rings. The Labute approximate surface area is 165 Å². The predicted octanol–water partition coefficient (Wildman–Crippen LogP) is 0.178. The van der Waals surface area contributed by atoms with Crippen LogP contribution in [-0.4, -0.2) is 55.0 Å². The van der Waals surface area contributed by atoms with Crippen molar-refractivity contribution in [1.82, 2.24) is 10.6 Å². The number of carbonyl (C=O) groups excluding carboxylic acids is 4. The van der Waals surface area contributed by atoms with Crippen molar-refractivity contribution in [2.24, 2.45) is 0 Å². The van der Waals surface area contributed by atoms with Gasteiger partial charge in [-0.05, 0) is 12.0 Å². The van der Waals surface area contributed by atoms with E-state index in [0.29, 0.717) is 5.56 Å². The van der Waals surface area contributed by atoms with Gasteiger partial charge >= 0.3 is 11.9 Å². The molecule has 0 spiro atoms. The van der Waals surface area contributed by atoms with Gasteiger partial charge in [-0.1, -0.05) is 12.1 Å². The molecule has 1 saturated heterocycles. The molecule has 29 heavy (non-hydrogen) atoms. The van der Waals surface area contributed by atoms with E-state index in [1.807, 2.05) is 0 Å². The van der Waals surface area contributed by atoms with E-state index in [-0.39, 0.29) is 30.9 Å². The van der Waals surface area contributed by atoms with Gasteiger partial charge in [0, 0.05) is 24.5 Å². The molecule has 0 aromatic heterocycles. The molecular formula is C18H21N3O8. The Balaban J connectivity index is 2.34. The first-order valence-corrected chi connectivity index (χ1v) is 8.75. The molecule has 0 unspecified atom stereocenters. The lowest BCUT2D eigenvalue weighted by atomic mass is 9.88. The van der Waals surface area contributed by atoms with Gasteiger partial charge in [0.15, 0.2) is 0 Å². The van der Waals surface area contributed by atoms with Gasteiger partial charge in [-0.25, -0.2) is 4.79 Å². The quantitative estimate of drug-likeness (QED) is 0.351. The van der Waals surface area contributed by atoms with Gasteiger partial charge in [-0.2, -0.15) is 0 Å². The largest absolute Gasteiger partial charge is 0.469 e. The average Bonchev–Trinajstić information content (AvgIpc) is 3.16. The second-order valence-electron chi connectivity index (χ2n) is 6.40. The fraction of sp³-hybridized carbons (Fsp3) is 0.444. The van der Waals surface area contributed by atoms with E-state index in [1.54, 1.807) is 0 Å². The third kappa shape index (κ3) is 5.50. The molecule has 2 amide bonds. The Kier molecular flexibility index (Phi) is 7.23. The van der Waals surface area contributed by atoms with Gasteiger partial charge in [0.05, 0.1) is 25.6 Å². The first kappa shape index (κ1) is 21.8. The molecule has 0 saturated carbocycles. The molecule has 1 heterocycles. The Morgan fingerprint density at radius 3 is 2.38 bits per heavy atom. The third-order valence-electron chi connectivity index (χ3n) is 4.61. The van der Waals surface area contributed by atoms with Crippen LogP contribution < -0.4 is 10.6 Å². The van der Waals surface area contributed by atoms with E-state index in [2.05, 4.69) is 15.4 Å². The number of amides is 2. The Morgan fingerprint density at radius 1 is 1.24 bits per heavy atom. The molecule has 11 nitrogen and oxygen atoms in total. The first-order valence-electron chi connectivity index (χ1n) is 8.75. The van der Waals surface area contributed by atoms with Gasteiger partial charge in [0.25, 0.3) is 5.69 Å². The lowest BCUT2D eigenvalue weighted by Crippen LogP contribution is -2.51. The van der Waals surface area contributed by atoms with Crippen molar-refractivity contribution >= 4 is 29.4 Å². The van der Waals surface area contributed by atoms with Crippen molar-refractivity contribution in [3.63, 3.8) is 0 Å². The summed E-state index contributed by atoms with van der Waals surface area (Å²) in [6.07, 6.45) is 0.179. The average molecular weight is 407 g/mol. The van der Waals surface area contributed by atoms with Crippen molar-refractivity contribution in [2.75, 3.05) is 14.2 Å². The molecule has 156 valence electrons. The van der Waals surface area contributed by atoms with Crippen molar-refractivity contribution in [2.45, 2.75) is 37.3 Å². The highest BCUT2D eigenvalue weighted by Gasteiger charge is 2.37. The molecule has 0 radical (unpaired) electrons. The monoisotopic (exact) mass is 407 g/mol. The Morgan fingerprint density at radius 2 is 1.90 bits per heavy atom. The van der Waals surface area contributed by atoms with Gasteiger partial charge in [0.2, 0.25) is 11.8 Å². The molecule has 1 aliphatic heterocycles. The minimum absolute atomic E-state index is 0.169. The molecule has 2 N–H and O–H groups in total. The summed E-state index contributed by atoms with van der Waals surface area (Å²) in [6, 6.07) is 3.17. The summed E-state index contributed by atoms with van der Waals surface area (Å²) in [6.45, 7) is 0. The van der Waals surface area contributed by atoms with Crippen LogP contribution in [0.5, 0.6) is 0 Å². The number of hydrogen-bond donors (Lipinski definition) is 2. The zero-order valence-electron chi connectivity index (χ0n) is 15.9. The smallest absolute Gasteiger partial charge is 0.329 e. The zero-order valence-corrected chi connectivity index (χ0v) is 15.9. The molecule has 1 fully saturated rings. The fourth-order valence-electron chi connectivity index (χ4n) is 3.05. The lowest BCUT2D eigenvalue weighted by Gasteiger charge is -2.27. The van der Waals surface area contributed by atoms with Crippen LogP contribution in [0.1, 0.15) is 30.7 Å². The standard InChI is InChI=1S/C18H21N3O8/c1-28-15(23)9-12(10-3-5-11(6-4-10)21(26)27)16(18(25)29-2)20-17(24)13-7-8-14(22)19-13/h3-6,12-13,16H,7-9H2,1-2H3,(H,19,22)(H,20,24)/t12-,13+,16-/m0/s1. The number of nitro benzene ring substituents is 1. The Hall–Kier alpha value is -3.50. The van der Waals surface area contributed by atoms with Crippen molar-refractivity contribution in [1.29, 1.82) is 0 Å². The van der Waals surface area contributed by atoms with Crippen LogP contribution in [0.15, 0.2) is 24.3 Å². The molecular weight excluding hydrogens is 386 g/mol. The van der Waals surface area contributed by atoms with Crippen molar-refractivity contribution in [3.05, 3.63) is 39.9 Å². The number of benzene rings is 1. The molecule has 0 aliphatic carbocycles. The lowest BCUT2D eigenvalue weighted by molar-refractivity contribution is -0.384. The molecule has 1 aromatic rings. The maximum absolute atomic E-state index is 12.5. The van der Waals surface area contributed by atoms with E-state index < -0.39 is 40.8 Å². The topological polar surface area (TPSA) is 154 Å². The summed E-state index contributed by atoms with van der Waals surface area (Å²) in [7, 11) is 2.30. The highest BCUT2D eigenvalue weighted by atomic mass is 16.6. The summed E-state index contributed by atoms with van der Waals surface area (Å²) < 4.78 is 9.45. The summed E-state index contributed by atoms with van der Waals surface area (Å²) in [5.74, 6) is -3.23. The van der Waals surface area contributed by atoms with Crippen molar-refractivity contribution < 1.29 is 33.6 Å². The maximum Gasteiger partial charge on any atom is 0.329 e. The molecule has 11 heteroatoms. The molecule has 2 rings (SSSR count). The van der Waals surface area contributed by atoms with Crippen LogP contribution in [0.4, 0.5) is 5.69 Å². The third-order valence-corrected chi connectivity index (χ3v) is 4.61. The number of hydrogen-bond acceptors (Lipinski definition) is 8. The van der Waals surface area contributed by atoms with Gasteiger partial charge in [-0.15, -0.1) is 0 Å². The number of non-ortho nitro benzene ring substituents is 1. The minimum Gasteiger partial charge on any atom is -0.469 e. The number of nitrogens with zero attached hydrogens (tertiary/aromatic N) is 1. The van der Waals surface area contributed by atoms with E-state index in [4.69, 9.17) is 4.74 Å². The van der Waals surface area contributed by atoms with Crippen LogP contribution in [0.2, 0.25) is 0 Å². The van der Waals surface area contributed by atoms with E-state index in [9.17, 15) is 29.3 Å². The number of ether oxygens (including phenoxy) is 2. The van der Waals surface area contributed by atoms with Crippen LogP contribution >= 0.6 is 0 Å². The van der Waals surface area contributed by atoms with Gasteiger partial charge < -0.3 is 20.1 Å². The van der Waals surface area contributed by atoms with Gasteiger partial charge in [-0.3, -0.25) is 24.5 Å². The highest BCUT2D eigenvalue weighted by Crippen LogP contribution is 2.27. The number of esters is 2. The SMILES string of the molecule is COC(=O)C[C@@H](c1ccc([N+](=O)[O-])cc1)[C@H](NC(=O)[C@H]1CCC(=O)N1)C(=O)OC. The van der Waals surface area contributed by atoms with E-state index in [1.165, 1.54) is 31.4 Å². The second-order valence-corrected chi connectivity index (χ2v) is 6.40. The fourth-order valence-corrected chi connectivity index (χ4v) is 3.05. The van der Waals surface area contributed by atoms with Crippen LogP contribution in [0.3, 0.4) is 0 Å². The van der Waals surface area contributed by atoms with E-state index in [0.717, 1.165) is 7.11 Å². The molecule has 3 atom stereocenters. The zero-order chi connectivity index (χ0) is 21.6. The van der Waals surface area contributed by atoms with Crippen LogP contribution in [0, 0.1) is 10.1 Å². The summed E-state index contributed by atoms with van der Waals surface area (Å²) in [5.41, 5.74) is 0.227. The normalized spacial score (nSPS) is 17.6. The predicted molar refractivity (Wildman–Crippen MR) is 97.6 cm³/mol. The molecule has 1 aromatic carbocycles. The molecule has 0 bridgehead atoms. The van der Waals surface area contributed by atoms with Crippen LogP contribution in [0.25, 0.3) is 0 Å². The minimum atomic E-state index is -1.27. The Bertz CT molecular complexity index is 808. The highest BCUT2D eigenvalue weighted by molar-refractivity contribution is 5.93. The number of carbonyl (C=O) groups is 4. The number of nitro groups is 1. The summed E-state index contributed by atoms with van der Waals surface area (Å²) in [5, 5.41) is 15.9. The van der Waals surface area contributed by atoms with Gasteiger partial charge in [0.1, 0.15) is 12.1 Å². The maximum atomic E-state index is 12.5. The number of rotatable bonds is 8. The van der Waals surface area contributed by atoms with Crippen LogP contribution in [-0.2, 0) is 28.7 Å². The van der Waals surface area contributed by atoms with Crippen molar-refractivity contribution in [3.8, 4) is 0 Å². The first-order chi connectivity index (χ1) is 13.8. The second kappa shape index (κ2) is 9.62. The van der Waals surface area contributed by atoms with E-state index >= 15 is 0 Å². The number of methoxy groups -OCH3 is 2.